The molecule has 0 aliphatic heterocycles. The molecular formula is C13H13NS. The van der Waals surface area contributed by atoms with Crippen LogP contribution in [0.5, 0.6) is 0 Å². The minimum atomic E-state index is 0.783. The molecule has 76 valence electrons. The van der Waals surface area contributed by atoms with Gasteiger partial charge in [-0.15, -0.1) is 11.3 Å². The maximum atomic E-state index is 4.69. The standard InChI is InChI=1S/C13H13NS/c1-2-4-10(5-3-1)8-13-14-12(9-15-13)11-6-7-11/h1-5,9,11H,6-8H2. The van der Waals surface area contributed by atoms with E-state index in [-0.39, 0.29) is 0 Å². The van der Waals surface area contributed by atoms with Gasteiger partial charge in [0.05, 0.1) is 10.7 Å². The molecule has 2 heteroatoms. The molecule has 1 aromatic heterocycles. The van der Waals surface area contributed by atoms with Crippen molar-refractivity contribution in [3.05, 3.63) is 52.0 Å². The molecule has 1 nitrogen and oxygen atoms in total. The van der Waals surface area contributed by atoms with Crippen molar-refractivity contribution in [2.45, 2.75) is 25.2 Å². The Morgan fingerprint density at radius 1 is 1.20 bits per heavy atom. The molecular weight excluding hydrogens is 202 g/mol. The normalized spacial score (nSPS) is 15.5. The molecule has 0 unspecified atom stereocenters. The zero-order valence-corrected chi connectivity index (χ0v) is 9.33. The lowest BCUT2D eigenvalue weighted by atomic mass is 10.2. The van der Waals surface area contributed by atoms with Crippen molar-refractivity contribution in [1.29, 1.82) is 0 Å². The van der Waals surface area contributed by atoms with Crippen LogP contribution in [0.4, 0.5) is 0 Å². The molecule has 1 aliphatic carbocycles. The number of hydrogen-bond acceptors (Lipinski definition) is 2. The summed E-state index contributed by atoms with van der Waals surface area (Å²) in [6.45, 7) is 0. The van der Waals surface area contributed by atoms with Crippen LogP contribution in [0.2, 0.25) is 0 Å². The Hall–Kier alpha value is -1.15. The number of benzene rings is 1. The Morgan fingerprint density at radius 2 is 2.00 bits per heavy atom. The van der Waals surface area contributed by atoms with E-state index < -0.39 is 0 Å². The van der Waals surface area contributed by atoms with Crippen molar-refractivity contribution >= 4 is 11.3 Å². The minimum absolute atomic E-state index is 0.783. The Bertz CT molecular complexity index is 443. The van der Waals surface area contributed by atoms with Gasteiger partial charge < -0.3 is 0 Å². The van der Waals surface area contributed by atoms with Crippen LogP contribution in [0.15, 0.2) is 35.7 Å². The molecule has 0 radical (unpaired) electrons. The Morgan fingerprint density at radius 3 is 2.73 bits per heavy atom. The van der Waals surface area contributed by atoms with Crippen LogP contribution < -0.4 is 0 Å². The summed E-state index contributed by atoms with van der Waals surface area (Å²) in [6, 6.07) is 10.6. The molecule has 0 N–H and O–H groups in total. The number of hydrogen-bond donors (Lipinski definition) is 0. The fourth-order valence-electron chi connectivity index (χ4n) is 1.74. The van der Waals surface area contributed by atoms with Crippen molar-refractivity contribution in [1.82, 2.24) is 4.98 Å². The van der Waals surface area contributed by atoms with E-state index in [1.54, 1.807) is 11.3 Å². The Kier molecular flexibility index (Phi) is 2.29. The average Bonchev–Trinajstić information content (AvgIpc) is 3.02. The number of aromatic nitrogens is 1. The fraction of sp³-hybridized carbons (Fsp3) is 0.308. The monoisotopic (exact) mass is 215 g/mol. The molecule has 3 rings (SSSR count). The van der Waals surface area contributed by atoms with E-state index in [0.717, 1.165) is 12.3 Å². The van der Waals surface area contributed by atoms with Crippen LogP contribution in [0.25, 0.3) is 0 Å². The first-order valence-electron chi connectivity index (χ1n) is 5.40. The maximum absolute atomic E-state index is 4.69. The van der Waals surface area contributed by atoms with Gasteiger partial charge in [0.2, 0.25) is 0 Å². The molecule has 0 atom stereocenters. The summed E-state index contributed by atoms with van der Waals surface area (Å²) < 4.78 is 0. The summed E-state index contributed by atoms with van der Waals surface area (Å²) in [5, 5.41) is 3.48. The lowest BCUT2D eigenvalue weighted by Crippen LogP contribution is -1.87. The second-order valence-corrected chi connectivity index (χ2v) is 5.05. The van der Waals surface area contributed by atoms with Gasteiger partial charge in [-0.25, -0.2) is 4.98 Å². The van der Waals surface area contributed by atoms with Gasteiger partial charge in [0.25, 0.3) is 0 Å². The SMILES string of the molecule is c1ccc(Cc2nc(C3CC3)cs2)cc1. The van der Waals surface area contributed by atoms with E-state index >= 15 is 0 Å². The highest BCUT2D eigenvalue weighted by molar-refractivity contribution is 7.09. The van der Waals surface area contributed by atoms with Gasteiger partial charge in [0, 0.05) is 17.7 Å². The highest BCUT2D eigenvalue weighted by atomic mass is 32.1. The highest BCUT2D eigenvalue weighted by Gasteiger charge is 2.25. The number of nitrogens with zero attached hydrogens (tertiary/aromatic N) is 1. The van der Waals surface area contributed by atoms with E-state index in [4.69, 9.17) is 0 Å². The van der Waals surface area contributed by atoms with Crippen molar-refractivity contribution < 1.29 is 0 Å². The summed E-state index contributed by atoms with van der Waals surface area (Å²) in [4.78, 5) is 4.69. The third-order valence-corrected chi connectivity index (χ3v) is 3.63. The topological polar surface area (TPSA) is 12.9 Å². The summed E-state index contributed by atoms with van der Waals surface area (Å²) in [7, 11) is 0. The fourth-order valence-corrected chi connectivity index (χ4v) is 2.65. The van der Waals surface area contributed by atoms with E-state index in [1.807, 2.05) is 0 Å². The van der Waals surface area contributed by atoms with Crippen molar-refractivity contribution in [3.63, 3.8) is 0 Å². The van der Waals surface area contributed by atoms with E-state index in [0.29, 0.717) is 0 Å². The molecule has 0 amide bonds. The lowest BCUT2D eigenvalue weighted by molar-refractivity contribution is 1.01. The second kappa shape index (κ2) is 3.78. The largest absolute Gasteiger partial charge is 0.246 e. The van der Waals surface area contributed by atoms with Gasteiger partial charge in [0.1, 0.15) is 0 Å². The minimum Gasteiger partial charge on any atom is -0.246 e. The molecule has 1 heterocycles. The molecule has 0 saturated heterocycles. The summed E-state index contributed by atoms with van der Waals surface area (Å²) >= 11 is 1.80. The van der Waals surface area contributed by atoms with E-state index in [9.17, 15) is 0 Å². The Balaban J connectivity index is 1.76. The molecule has 1 aromatic carbocycles. The van der Waals surface area contributed by atoms with Gasteiger partial charge in [-0.2, -0.15) is 0 Å². The Labute approximate surface area is 93.8 Å². The third kappa shape index (κ3) is 2.10. The van der Waals surface area contributed by atoms with E-state index in [2.05, 4.69) is 40.7 Å². The molecule has 2 aromatic rings. The van der Waals surface area contributed by atoms with Crippen LogP contribution in [0, 0.1) is 0 Å². The zero-order valence-electron chi connectivity index (χ0n) is 8.52. The van der Waals surface area contributed by atoms with Crippen LogP contribution >= 0.6 is 11.3 Å². The van der Waals surface area contributed by atoms with Crippen LogP contribution in [-0.4, -0.2) is 4.98 Å². The second-order valence-electron chi connectivity index (χ2n) is 4.10. The molecule has 0 bridgehead atoms. The summed E-state index contributed by atoms with van der Waals surface area (Å²) in [5.74, 6) is 0.783. The van der Waals surface area contributed by atoms with Crippen LogP contribution in [0.1, 0.15) is 35.0 Å². The maximum Gasteiger partial charge on any atom is 0.0972 e. The zero-order chi connectivity index (χ0) is 10.1. The summed E-state index contributed by atoms with van der Waals surface area (Å²) in [6.07, 6.45) is 3.67. The predicted octanol–water partition coefficient (Wildman–Crippen LogP) is 3.61. The highest BCUT2D eigenvalue weighted by Crippen LogP contribution is 2.40. The van der Waals surface area contributed by atoms with Crippen molar-refractivity contribution in [2.24, 2.45) is 0 Å². The van der Waals surface area contributed by atoms with Crippen molar-refractivity contribution in [2.75, 3.05) is 0 Å². The third-order valence-electron chi connectivity index (χ3n) is 2.76. The summed E-state index contributed by atoms with van der Waals surface area (Å²) in [5.41, 5.74) is 2.68. The smallest absolute Gasteiger partial charge is 0.0972 e. The first-order chi connectivity index (χ1) is 7.42. The van der Waals surface area contributed by atoms with Crippen molar-refractivity contribution in [3.8, 4) is 0 Å². The van der Waals surface area contributed by atoms with Gasteiger partial charge in [-0.05, 0) is 18.4 Å². The molecule has 1 aliphatic rings. The first kappa shape index (κ1) is 9.10. The van der Waals surface area contributed by atoms with E-state index in [1.165, 1.54) is 29.1 Å². The average molecular weight is 215 g/mol. The van der Waals surface area contributed by atoms with Gasteiger partial charge in [-0.3, -0.25) is 0 Å². The first-order valence-corrected chi connectivity index (χ1v) is 6.28. The lowest BCUT2D eigenvalue weighted by Gasteiger charge is -1.96. The molecule has 1 saturated carbocycles. The van der Waals surface area contributed by atoms with Gasteiger partial charge in [0.15, 0.2) is 0 Å². The number of rotatable bonds is 3. The quantitative estimate of drug-likeness (QED) is 0.762. The number of thiazole rings is 1. The van der Waals surface area contributed by atoms with Gasteiger partial charge in [-0.1, -0.05) is 30.3 Å². The molecule has 1 fully saturated rings. The predicted molar refractivity (Wildman–Crippen MR) is 63.3 cm³/mol. The molecule has 15 heavy (non-hydrogen) atoms. The molecule has 0 spiro atoms. The van der Waals surface area contributed by atoms with Crippen LogP contribution in [-0.2, 0) is 6.42 Å². The van der Waals surface area contributed by atoms with Gasteiger partial charge >= 0.3 is 0 Å². The van der Waals surface area contributed by atoms with Crippen LogP contribution in [0.3, 0.4) is 0 Å².